The summed E-state index contributed by atoms with van der Waals surface area (Å²) in [7, 11) is 0. The molecule has 1 atom stereocenters. The summed E-state index contributed by atoms with van der Waals surface area (Å²) >= 11 is 1.72. The Balaban J connectivity index is 1.81. The number of amides is 2. The topological polar surface area (TPSA) is 61.4 Å². The average molecular weight is 402 g/mol. The van der Waals surface area contributed by atoms with E-state index in [9.17, 15) is 9.59 Å². The van der Waals surface area contributed by atoms with Crippen molar-refractivity contribution in [3.05, 3.63) is 52.2 Å². The summed E-state index contributed by atoms with van der Waals surface area (Å²) in [6.07, 6.45) is 2.20. The van der Waals surface area contributed by atoms with E-state index in [-0.39, 0.29) is 17.9 Å². The first-order valence-corrected chi connectivity index (χ1v) is 10.9. The van der Waals surface area contributed by atoms with Gasteiger partial charge in [0.2, 0.25) is 5.91 Å². The molecular formula is C22H31N3O2S. The average Bonchev–Trinajstić information content (AvgIpc) is 3.20. The maximum atomic E-state index is 12.4. The lowest BCUT2D eigenvalue weighted by Crippen LogP contribution is -2.42. The number of anilines is 1. The fraction of sp³-hybridized carbons (Fsp3) is 0.455. The number of carbonyl (C=O) groups is 2. The van der Waals surface area contributed by atoms with E-state index in [1.165, 1.54) is 4.88 Å². The largest absolute Gasteiger partial charge is 0.350 e. The third-order valence-electron chi connectivity index (χ3n) is 4.81. The predicted octanol–water partition coefficient (Wildman–Crippen LogP) is 4.17. The molecule has 5 nitrogen and oxygen atoms in total. The summed E-state index contributed by atoms with van der Waals surface area (Å²) in [6.45, 7) is 8.87. The van der Waals surface area contributed by atoms with Crippen molar-refractivity contribution in [1.82, 2.24) is 10.2 Å². The van der Waals surface area contributed by atoms with Gasteiger partial charge in [0.05, 0.1) is 0 Å². The number of hydrogen-bond donors (Lipinski definition) is 2. The zero-order chi connectivity index (χ0) is 20.4. The molecule has 1 aromatic carbocycles. The van der Waals surface area contributed by atoms with Gasteiger partial charge in [-0.05, 0) is 62.5 Å². The highest BCUT2D eigenvalue weighted by molar-refractivity contribution is 7.09. The Kier molecular flexibility index (Phi) is 9.17. The number of benzene rings is 1. The van der Waals surface area contributed by atoms with Gasteiger partial charge < -0.3 is 10.6 Å². The lowest BCUT2D eigenvalue weighted by Gasteiger charge is -2.26. The van der Waals surface area contributed by atoms with E-state index in [0.717, 1.165) is 25.9 Å². The second-order valence-corrected chi connectivity index (χ2v) is 7.87. The Bertz CT molecular complexity index is 742. The zero-order valence-corrected chi connectivity index (χ0v) is 17.8. The molecule has 0 saturated heterocycles. The van der Waals surface area contributed by atoms with E-state index in [2.05, 4.69) is 47.8 Å². The molecule has 0 bridgehead atoms. The van der Waals surface area contributed by atoms with Crippen molar-refractivity contribution in [2.24, 2.45) is 0 Å². The molecule has 0 aliphatic rings. The first-order chi connectivity index (χ1) is 13.5. The van der Waals surface area contributed by atoms with Crippen LogP contribution >= 0.6 is 11.3 Å². The maximum Gasteiger partial charge on any atom is 0.251 e. The van der Waals surface area contributed by atoms with Crippen LogP contribution in [0.15, 0.2) is 41.8 Å². The van der Waals surface area contributed by atoms with Crippen molar-refractivity contribution in [2.75, 3.05) is 25.0 Å². The van der Waals surface area contributed by atoms with E-state index >= 15 is 0 Å². The molecule has 2 N–H and O–H groups in total. The van der Waals surface area contributed by atoms with Gasteiger partial charge >= 0.3 is 0 Å². The lowest BCUT2D eigenvalue weighted by molar-refractivity contribution is -0.116. The summed E-state index contributed by atoms with van der Waals surface area (Å²) in [4.78, 5) is 28.2. The number of hydrogen-bond acceptors (Lipinski definition) is 4. The number of nitrogens with zero attached hydrogens (tertiary/aromatic N) is 1. The minimum absolute atomic E-state index is 0.0238. The molecule has 1 unspecified atom stereocenters. The Labute approximate surface area is 172 Å². The van der Waals surface area contributed by atoms with Crippen LogP contribution in [0.4, 0.5) is 5.69 Å². The second-order valence-electron chi connectivity index (χ2n) is 6.84. The number of aryl methyl sites for hydroxylation is 1. The van der Waals surface area contributed by atoms with Gasteiger partial charge in [-0.3, -0.25) is 14.5 Å². The molecule has 2 rings (SSSR count). The standard InChI is InChI=1S/C22H31N3O2S/c1-4-25(5-2)17(3)16-23-22(27)18-9-6-10-19(15-18)24-21(26)13-7-11-20-12-8-14-28-20/h6,8-10,12,14-15,17H,4-5,7,11,13,16H2,1-3H3,(H,23,27)(H,24,26). The van der Waals surface area contributed by atoms with Gasteiger partial charge in [-0.25, -0.2) is 0 Å². The summed E-state index contributed by atoms with van der Waals surface area (Å²) < 4.78 is 0. The van der Waals surface area contributed by atoms with Crippen LogP contribution < -0.4 is 10.6 Å². The van der Waals surface area contributed by atoms with Crippen molar-refractivity contribution in [2.45, 2.75) is 46.1 Å². The van der Waals surface area contributed by atoms with Gasteiger partial charge in [0, 0.05) is 35.1 Å². The molecule has 0 aliphatic heterocycles. The summed E-state index contributed by atoms with van der Waals surface area (Å²) in [6, 6.07) is 11.5. The van der Waals surface area contributed by atoms with Crippen LogP contribution in [0.1, 0.15) is 48.8 Å². The predicted molar refractivity (Wildman–Crippen MR) is 117 cm³/mol. The molecule has 1 heterocycles. The number of thiophene rings is 1. The van der Waals surface area contributed by atoms with Crippen LogP contribution in [0, 0.1) is 0 Å². The van der Waals surface area contributed by atoms with Crippen LogP contribution in [0.5, 0.6) is 0 Å². The van der Waals surface area contributed by atoms with E-state index in [1.54, 1.807) is 29.5 Å². The molecule has 0 radical (unpaired) electrons. The molecule has 0 fully saturated rings. The minimum atomic E-state index is -0.118. The van der Waals surface area contributed by atoms with Crippen molar-refractivity contribution in [3.8, 4) is 0 Å². The maximum absolute atomic E-state index is 12.4. The van der Waals surface area contributed by atoms with Crippen molar-refractivity contribution in [1.29, 1.82) is 0 Å². The third-order valence-corrected chi connectivity index (χ3v) is 5.75. The molecule has 0 aliphatic carbocycles. The molecule has 6 heteroatoms. The molecular weight excluding hydrogens is 370 g/mol. The van der Waals surface area contributed by atoms with Gasteiger partial charge in [-0.2, -0.15) is 0 Å². The zero-order valence-electron chi connectivity index (χ0n) is 17.0. The highest BCUT2D eigenvalue weighted by atomic mass is 32.1. The Hall–Kier alpha value is -2.18. The van der Waals surface area contributed by atoms with E-state index in [0.29, 0.717) is 24.2 Å². The Morgan fingerprint density at radius 1 is 1.14 bits per heavy atom. The van der Waals surface area contributed by atoms with Gasteiger partial charge in [-0.15, -0.1) is 11.3 Å². The van der Waals surface area contributed by atoms with Crippen molar-refractivity contribution >= 4 is 28.8 Å². The molecule has 2 aromatic rings. The normalized spacial score (nSPS) is 12.0. The molecule has 0 spiro atoms. The number of carbonyl (C=O) groups excluding carboxylic acids is 2. The van der Waals surface area contributed by atoms with Crippen LogP contribution in [-0.4, -0.2) is 42.4 Å². The SMILES string of the molecule is CCN(CC)C(C)CNC(=O)c1cccc(NC(=O)CCCc2cccs2)c1. The van der Waals surface area contributed by atoms with Crippen molar-refractivity contribution < 1.29 is 9.59 Å². The smallest absolute Gasteiger partial charge is 0.251 e. The van der Waals surface area contributed by atoms with Gasteiger partial charge in [0.15, 0.2) is 0 Å². The quantitative estimate of drug-likeness (QED) is 0.594. The van der Waals surface area contributed by atoms with Gasteiger partial charge in [0.1, 0.15) is 0 Å². The van der Waals surface area contributed by atoms with Crippen LogP contribution in [0.3, 0.4) is 0 Å². The van der Waals surface area contributed by atoms with Crippen LogP contribution in [0.25, 0.3) is 0 Å². The number of rotatable bonds is 11. The molecule has 28 heavy (non-hydrogen) atoms. The highest BCUT2D eigenvalue weighted by Crippen LogP contribution is 2.14. The Morgan fingerprint density at radius 3 is 2.61 bits per heavy atom. The number of likely N-dealkylation sites (N-methyl/N-ethyl adjacent to an activating group) is 1. The number of nitrogens with one attached hydrogen (secondary N) is 2. The molecule has 152 valence electrons. The second kappa shape index (κ2) is 11.6. The van der Waals surface area contributed by atoms with Gasteiger partial charge in [0.25, 0.3) is 5.91 Å². The summed E-state index contributed by atoms with van der Waals surface area (Å²) in [5.74, 6) is -0.142. The monoisotopic (exact) mass is 401 g/mol. The summed E-state index contributed by atoms with van der Waals surface area (Å²) in [5.41, 5.74) is 1.22. The van der Waals surface area contributed by atoms with Crippen LogP contribution in [0.2, 0.25) is 0 Å². The van der Waals surface area contributed by atoms with Gasteiger partial charge in [-0.1, -0.05) is 26.0 Å². The van der Waals surface area contributed by atoms with E-state index in [1.807, 2.05) is 12.1 Å². The first-order valence-electron chi connectivity index (χ1n) is 9.98. The highest BCUT2D eigenvalue weighted by Gasteiger charge is 2.13. The lowest BCUT2D eigenvalue weighted by atomic mass is 10.1. The minimum Gasteiger partial charge on any atom is -0.350 e. The van der Waals surface area contributed by atoms with Crippen LogP contribution in [-0.2, 0) is 11.2 Å². The molecule has 1 aromatic heterocycles. The third kappa shape index (κ3) is 7.09. The Morgan fingerprint density at radius 2 is 1.93 bits per heavy atom. The van der Waals surface area contributed by atoms with E-state index in [4.69, 9.17) is 0 Å². The summed E-state index contributed by atoms with van der Waals surface area (Å²) in [5, 5.41) is 7.93. The van der Waals surface area contributed by atoms with Crippen molar-refractivity contribution in [3.63, 3.8) is 0 Å². The molecule has 2 amide bonds. The molecule has 0 saturated carbocycles. The fourth-order valence-electron chi connectivity index (χ4n) is 3.16. The first kappa shape index (κ1) is 22.1. The van der Waals surface area contributed by atoms with E-state index < -0.39 is 0 Å². The fourth-order valence-corrected chi connectivity index (χ4v) is 3.91.